The van der Waals surface area contributed by atoms with E-state index in [2.05, 4.69) is 31.8 Å². The minimum atomic E-state index is -0.569. The number of rotatable bonds is 6. The van der Waals surface area contributed by atoms with Gasteiger partial charge in [-0.2, -0.15) is 0 Å². The van der Waals surface area contributed by atoms with E-state index in [1.807, 2.05) is 0 Å². The van der Waals surface area contributed by atoms with E-state index in [0.29, 0.717) is 0 Å². The molecule has 0 bridgehead atoms. The molecule has 1 N–H and O–H groups in total. The summed E-state index contributed by atoms with van der Waals surface area (Å²) < 4.78 is 0. The topological polar surface area (TPSA) is 20.2 Å². The summed E-state index contributed by atoms with van der Waals surface area (Å²) in [5.41, 5.74) is 0.600. The van der Waals surface area contributed by atoms with Crippen molar-refractivity contribution in [3.8, 4) is 11.8 Å². The minimum absolute atomic E-state index is 0.569. The molecule has 0 atom stereocenters. The van der Waals surface area contributed by atoms with Gasteiger partial charge < -0.3 is 5.11 Å². The lowest BCUT2D eigenvalue weighted by atomic mass is 9.83. The van der Waals surface area contributed by atoms with Gasteiger partial charge in [0.15, 0.2) is 0 Å². The molecule has 1 aliphatic carbocycles. The molecule has 1 saturated carbocycles. The zero-order valence-electron chi connectivity index (χ0n) is 12.8. The SMILES string of the molecule is CCCCC#C/C(=C\C1(O)CCCCC1)CCCC. The average Bonchev–Trinajstić information content (AvgIpc) is 2.41. The second kappa shape index (κ2) is 9.21. The van der Waals surface area contributed by atoms with Crippen LogP contribution in [-0.2, 0) is 0 Å². The molecule has 108 valence electrons. The molecule has 0 aliphatic heterocycles. The van der Waals surface area contributed by atoms with Gasteiger partial charge in [0, 0.05) is 12.0 Å². The standard InChI is InChI=1S/C18H30O/c1-3-5-7-9-13-17(12-6-4-2)16-18(19)14-10-8-11-15-18/h16,19H,3-8,10-12,14-15H2,1-2H3/b17-16-. The number of aliphatic hydroxyl groups is 1. The summed E-state index contributed by atoms with van der Waals surface area (Å²) >= 11 is 0. The van der Waals surface area contributed by atoms with Crippen LogP contribution in [0.2, 0.25) is 0 Å². The van der Waals surface area contributed by atoms with Gasteiger partial charge in [0.1, 0.15) is 0 Å². The van der Waals surface area contributed by atoms with Crippen molar-refractivity contribution in [2.45, 2.75) is 90.1 Å². The van der Waals surface area contributed by atoms with Gasteiger partial charge >= 0.3 is 0 Å². The smallest absolute Gasteiger partial charge is 0.0839 e. The van der Waals surface area contributed by atoms with Crippen molar-refractivity contribution in [3.63, 3.8) is 0 Å². The largest absolute Gasteiger partial charge is 0.386 e. The highest BCUT2D eigenvalue weighted by Gasteiger charge is 2.26. The second-order valence-electron chi connectivity index (χ2n) is 5.84. The normalized spacial score (nSPS) is 18.8. The second-order valence-corrected chi connectivity index (χ2v) is 5.84. The maximum Gasteiger partial charge on any atom is 0.0839 e. The lowest BCUT2D eigenvalue weighted by Gasteiger charge is -2.29. The third kappa shape index (κ3) is 6.83. The molecule has 0 saturated heterocycles. The summed E-state index contributed by atoms with van der Waals surface area (Å²) in [4.78, 5) is 0. The first kappa shape index (κ1) is 16.3. The third-order valence-electron chi connectivity index (χ3n) is 3.87. The molecule has 1 heteroatoms. The van der Waals surface area contributed by atoms with Crippen molar-refractivity contribution in [2.24, 2.45) is 0 Å². The Kier molecular flexibility index (Phi) is 7.91. The van der Waals surface area contributed by atoms with Crippen LogP contribution in [0.5, 0.6) is 0 Å². The Balaban J connectivity index is 2.66. The molecule has 0 aromatic heterocycles. The maximum absolute atomic E-state index is 10.6. The van der Waals surface area contributed by atoms with Crippen LogP contribution < -0.4 is 0 Å². The maximum atomic E-state index is 10.6. The van der Waals surface area contributed by atoms with E-state index in [1.54, 1.807) is 0 Å². The highest BCUT2D eigenvalue weighted by molar-refractivity contribution is 5.31. The molecule has 1 rings (SSSR count). The summed E-state index contributed by atoms with van der Waals surface area (Å²) in [6, 6.07) is 0. The lowest BCUT2D eigenvalue weighted by molar-refractivity contribution is 0.0506. The number of hydrogen-bond acceptors (Lipinski definition) is 1. The third-order valence-corrected chi connectivity index (χ3v) is 3.87. The van der Waals surface area contributed by atoms with E-state index in [-0.39, 0.29) is 0 Å². The summed E-state index contributed by atoms with van der Waals surface area (Å²) in [5, 5.41) is 10.6. The van der Waals surface area contributed by atoms with Gasteiger partial charge in [-0.25, -0.2) is 0 Å². The van der Waals surface area contributed by atoms with Gasteiger partial charge in [-0.3, -0.25) is 0 Å². The van der Waals surface area contributed by atoms with Gasteiger partial charge in [-0.1, -0.05) is 57.8 Å². The minimum Gasteiger partial charge on any atom is -0.386 e. The Morgan fingerprint density at radius 3 is 2.42 bits per heavy atom. The molecule has 19 heavy (non-hydrogen) atoms. The van der Waals surface area contributed by atoms with Gasteiger partial charge in [-0.05, 0) is 38.2 Å². The molecule has 0 spiro atoms. The van der Waals surface area contributed by atoms with Crippen molar-refractivity contribution < 1.29 is 5.11 Å². The van der Waals surface area contributed by atoms with Crippen LogP contribution in [0.1, 0.15) is 84.5 Å². The Bertz CT molecular complexity index is 323. The van der Waals surface area contributed by atoms with Crippen molar-refractivity contribution in [1.29, 1.82) is 0 Å². The van der Waals surface area contributed by atoms with E-state index < -0.39 is 5.60 Å². The van der Waals surface area contributed by atoms with Gasteiger partial charge in [0.25, 0.3) is 0 Å². The van der Waals surface area contributed by atoms with Crippen LogP contribution >= 0.6 is 0 Å². The first-order chi connectivity index (χ1) is 9.20. The summed E-state index contributed by atoms with van der Waals surface area (Å²) in [6.45, 7) is 4.40. The molecule has 1 fully saturated rings. The molecule has 0 aromatic rings. The number of hydrogen-bond donors (Lipinski definition) is 1. The quantitative estimate of drug-likeness (QED) is 0.528. The molecule has 0 heterocycles. The van der Waals surface area contributed by atoms with Crippen LogP contribution in [0.15, 0.2) is 11.6 Å². The Morgan fingerprint density at radius 1 is 1.11 bits per heavy atom. The van der Waals surface area contributed by atoms with Crippen LogP contribution in [0, 0.1) is 11.8 Å². The first-order valence-electron chi connectivity index (χ1n) is 8.13. The first-order valence-corrected chi connectivity index (χ1v) is 8.13. The summed E-state index contributed by atoms with van der Waals surface area (Å²) in [6.07, 6.45) is 14.2. The van der Waals surface area contributed by atoms with Gasteiger partial charge in [0.2, 0.25) is 0 Å². The molecule has 0 aromatic carbocycles. The lowest BCUT2D eigenvalue weighted by Crippen LogP contribution is -2.29. The zero-order valence-corrected chi connectivity index (χ0v) is 12.8. The van der Waals surface area contributed by atoms with Crippen LogP contribution in [0.4, 0.5) is 0 Å². The molecule has 0 radical (unpaired) electrons. The van der Waals surface area contributed by atoms with E-state index in [1.165, 1.54) is 37.7 Å². The van der Waals surface area contributed by atoms with E-state index in [9.17, 15) is 5.11 Å². The van der Waals surface area contributed by atoms with E-state index in [0.717, 1.165) is 38.5 Å². The Labute approximate surface area is 119 Å². The molecule has 0 amide bonds. The molecule has 1 nitrogen and oxygen atoms in total. The highest BCUT2D eigenvalue weighted by atomic mass is 16.3. The fourth-order valence-electron chi connectivity index (χ4n) is 2.61. The average molecular weight is 262 g/mol. The molecule has 0 unspecified atom stereocenters. The van der Waals surface area contributed by atoms with Crippen molar-refractivity contribution in [1.82, 2.24) is 0 Å². The molecule has 1 aliphatic rings. The van der Waals surface area contributed by atoms with Gasteiger partial charge in [0.05, 0.1) is 5.60 Å². The number of allylic oxidation sites excluding steroid dienone is 1. The number of unbranched alkanes of at least 4 members (excludes halogenated alkanes) is 3. The van der Waals surface area contributed by atoms with Gasteiger partial charge in [-0.15, -0.1) is 0 Å². The Morgan fingerprint density at radius 2 is 1.79 bits per heavy atom. The van der Waals surface area contributed by atoms with E-state index >= 15 is 0 Å². The van der Waals surface area contributed by atoms with Crippen LogP contribution in [0.3, 0.4) is 0 Å². The predicted octanol–water partition coefficient (Wildman–Crippen LogP) is 4.99. The zero-order chi connectivity index (χ0) is 14.0. The molecular formula is C18H30O. The van der Waals surface area contributed by atoms with Crippen molar-refractivity contribution in [3.05, 3.63) is 11.6 Å². The summed E-state index contributed by atoms with van der Waals surface area (Å²) in [5.74, 6) is 6.59. The molecular weight excluding hydrogens is 232 g/mol. The van der Waals surface area contributed by atoms with Crippen LogP contribution in [0.25, 0.3) is 0 Å². The van der Waals surface area contributed by atoms with Crippen molar-refractivity contribution in [2.75, 3.05) is 0 Å². The fourth-order valence-corrected chi connectivity index (χ4v) is 2.61. The highest BCUT2D eigenvalue weighted by Crippen LogP contribution is 2.30. The Hall–Kier alpha value is -0.740. The van der Waals surface area contributed by atoms with Crippen molar-refractivity contribution >= 4 is 0 Å². The van der Waals surface area contributed by atoms with E-state index in [4.69, 9.17) is 0 Å². The summed E-state index contributed by atoms with van der Waals surface area (Å²) in [7, 11) is 0. The predicted molar refractivity (Wildman–Crippen MR) is 82.9 cm³/mol. The van der Waals surface area contributed by atoms with Crippen LogP contribution in [-0.4, -0.2) is 10.7 Å². The monoisotopic (exact) mass is 262 g/mol. The fraction of sp³-hybridized carbons (Fsp3) is 0.778.